The summed E-state index contributed by atoms with van der Waals surface area (Å²) in [5.41, 5.74) is 0.572. The summed E-state index contributed by atoms with van der Waals surface area (Å²) < 4.78 is 15.5. The molecule has 134 valence electrons. The highest BCUT2D eigenvalue weighted by atomic mass is 19.1. The van der Waals surface area contributed by atoms with Crippen molar-refractivity contribution in [3.8, 4) is 11.4 Å². The van der Waals surface area contributed by atoms with Crippen LogP contribution in [0.15, 0.2) is 64.6 Å². The van der Waals surface area contributed by atoms with E-state index in [1.165, 1.54) is 35.0 Å². The summed E-state index contributed by atoms with van der Waals surface area (Å²) in [7, 11) is 1.55. The Hall–Kier alpha value is -3.68. The zero-order valence-electron chi connectivity index (χ0n) is 14.3. The predicted molar refractivity (Wildman–Crippen MR) is 97.8 cm³/mol. The minimum atomic E-state index is -0.507. The van der Waals surface area contributed by atoms with Gasteiger partial charge in [-0.15, -0.1) is 0 Å². The highest BCUT2D eigenvalue weighted by Gasteiger charge is 2.14. The van der Waals surface area contributed by atoms with E-state index >= 15 is 0 Å². The summed E-state index contributed by atoms with van der Waals surface area (Å²) in [5.74, 6) is -0.00451. The summed E-state index contributed by atoms with van der Waals surface area (Å²) in [5, 5.41) is 0.229. The van der Waals surface area contributed by atoms with Crippen LogP contribution in [-0.4, -0.2) is 24.1 Å². The number of halogens is 1. The monoisotopic (exact) mass is 363 g/mol. The molecule has 4 aromatic rings. The molecule has 0 amide bonds. The van der Waals surface area contributed by atoms with E-state index < -0.39 is 11.2 Å². The molecule has 1 aromatic carbocycles. The molecule has 0 aliphatic heterocycles. The van der Waals surface area contributed by atoms with E-state index in [1.807, 2.05) is 0 Å². The molecule has 7 nitrogen and oxygen atoms in total. The lowest BCUT2D eigenvalue weighted by Gasteiger charge is -2.11. The number of aryl methyl sites for hydroxylation is 1. The van der Waals surface area contributed by atoms with Gasteiger partial charge >= 0.3 is 5.69 Å². The molecule has 0 spiro atoms. The first-order chi connectivity index (χ1) is 13.0. The van der Waals surface area contributed by atoms with E-state index in [0.29, 0.717) is 17.0 Å². The topological polar surface area (TPSA) is 82.7 Å². The van der Waals surface area contributed by atoms with Crippen molar-refractivity contribution in [2.45, 2.75) is 6.54 Å². The van der Waals surface area contributed by atoms with E-state index in [1.54, 1.807) is 31.6 Å². The van der Waals surface area contributed by atoms with Crippen LogP contribution in [0.25, 0.3) is 22.4 Å². The van der Waals surface area contributed by atoms with Gasteiger partial charge in [-0.1, -0.05) is 12.1 Å². The van der Waals surface area contributed by atoms with Crippen molar-refractivity contribution in [1.29, 1.82) is 0 Å². The number of hydrogen-bond donors (Lipinski definition) is 0. The third-order valence-electron chi connectivity index (χ3n) is 4.25. The normalized spacial score (nSPS) is 11.0. The summed E-state index contributed by atoms with van der Waals surface area (Å²) in [4.78, 5) is 38.1. The Morgan fingerprint density at radius 1 is 1.07 bits per heavy atom. The first-order valence-electron chi connectivity index (χ1n) is 8.16. The number of hydrogen-bond acceptors (Lipinski definition) is 5. The SMILES string of the molecule is Cn1c(=O)n(Cc2ccc(F)cc2)c(=O)c2cnc(-c3cccnc3)nc21. The molecule has 0 aliphatic carbocycles. The van der Waals surface area contributed by atoms with Crippen LogP contribution in [-0.2, 0) is 13.6 Å². The van der Waals surface area contributed by atoms with E-state index in [9.17, 15) is 14.0 Å². The summed E-state index contributed by atoms with van der Waals surface area (Å²) in [6.07, 6.45) is 4.65. The smallest absolute Gasteiger partial charge is 0.280 e. The van der Waals surface area contributed by atoms with Gasteiger partial charge in [-0.2, -0.15) is 0 Å². The lowest BCUT2D eigenvalue weighted by Crippen LogP contribution is -2.39. The predicted octanol–water partition coefficient (Wildman–Crippen LogP) is 1.74. The van der Waals surface area contributed by atoms with Crippen LogP contribution in [0.2, 0.25) is 0 Å². The van der Waals surface area contributed by atoms with E-state index in [0.717, 1.165) is 4.57 Å². The fourth-order valence-electron chi connectivity index (χ4n) is 2.83. The Morgan fingerprint density at radius 2 is 1.85 bits per heavy atom. The molecule has 0 radical (unpaired) electrons. The molecule has 0 fully saturated rings. The zero-order valence-corrected chi connectivity index (χ0v) is 14.3. The first-order valence-corrected chi connectivity index (χ1v) is 8.16. The molecule has 0 N–H and O–H groups in total. The number of aromatic nitrogens is 5. The maximum Gasteiger partial charge on any atom is 0.332 e. The zero-order chi connectivity index (χ0) is 19.0. The van der Waals surface area contributed by atoms with Gasteiger partial charge in [0.05, 0.1) is 6.54 Å². The largest absolute Gasteiger partial charge is 0.332 e. The van der Waals surface area contributed by atoms with Gasteiger partial charge in [-0.05, 0) is 29.8 Å². The average Bonchev–Trinajstić information content (AvgIpc) is 2.71. The van der Waals surface area contributed by atoms with Crippen molar-refractivity contribution >= 4 is 11.0 Å². The third-order valence-corrected chi connectivity index (χ3v) is 4.25. The van der Waals surface area contributed by atoms with Gasteiger partial charge < -0.3 is 0 Å². The minimum Gasteiger partial charge on any atom is -0.280 e. The van der Waals surface area contributed by atoms with Gasteiger partial charge in [-0.3, -0.25) is 18.9 Å². The molecule has 4 rings (SSSR count). The molecule has 3 aromatic heterocycles. The molecule has 0 bridgehead atoms. The molecule has 0 unspecified atom stereocenters. The summed E-state index contributed by atoms with van der Waals surface area (Å²) in [6.45, 7) is 0.0338. The number of rotatable bonds is 3. The second kappa shape index (κ2) is 6.56. The van der Waals surface area contributed by atoms with E-state index in [4.69, 9.17) is 0 Å². The van der Waals surface area contributed by atoms with Crippen molar-refractivity contribution in [1.82, 2.24) is 24.1 Å². The molecule has 0 saturated heterocycles. The van der Waals surface area contributed by atoms with Gasteiger partial charge in [0.25, 0.3) is 5.56 Å². The fraction of sp³-hybridized carbons (Fsp3) is 0.105. The van der Waals surface area contributed by atoms with Crippen LogP contribution in [0, 0.1) is 5.82 Å². The quantitative estimate of drug-likeness (QED) is 0.554. The second-order valence-corrected chi connectivity index (χ2v) is 6.03. The Morgan fingerprint density at radius 3 is 2.56 bits per heavy atom. The molecule has 0 atom stereocenters. The molecule has 27 heavy (non-hydrogen) atoms. The Balaban J connectivity index is 1.87. The molecule has 0 saturated carbocycles. The van der Waals surface area contributed by atoms with Gasteiger partial charge in [0.1, 0.15) is 11.2 Å². The minimum absolute atomic E-state index is 0.0338. The Kier molecular flexibility index (Phi) is 4.08. The standard InChI is InChI=1S/C19H14FN5O2/c1-24-17-15(10-22-16(23-17)13-3-2-8-21-9-13)18(26)25(19(24)27)11-12-4-6-14(20)7-5-12/h2-10H,11H2,1H3. The van der Waals surface area contributed by atoms with Crippen molar-refractivity contribution in [3.05, 3.63) is 87.2 Å². The van der Waals surface area contributed by atoms with Crippen molar-refractivity contribution in [3.63, 3.8) is 0 Å². The van der Waals surface area contributed by atoms with Crippen LogP contribution in [0.4, 0.5) is 4.39 Å². The summed E-state index contributed by atoms with van der Waals surface area (Å²) in [6, 6.07) is 9.19. The van der Waals surface area contributed by atoms with Gasteiger partial charge in [0.15, 0.2) is 11.5 Å². The van der Waals surface area contributed by atoms with Crippen LogP contribution in [0.1, 0.15) is 5.56 Å². The van der Waals surface area contributed by atoms with Gasteiger partial charge in [0.2, 0.25) is 0 Å². The molecule has 0 aliphatic rings. The van der Waals surface area contributed by atoms with E-state index in [2.05, 4.69) is 15.0 Å². The fourth-order valence-corrected chi connectivity index (χ4v) is 2.83. The van der Waals surface area contributed by atoms with Crippen LogP contribution < -0.4 is 11.2 Å². The third kappa shape index (κ3) is 3.01. The Labute approximate surface area is 152 Å². The lowest BCUT2D eigenvalue weighted by atomic mass is 10.2. The number of benzene rings is 1. The molecule has 3 heterocycles. The molecular weight excluding hydrogens is 349 g/mol. The van der Waals surface area contributed by atoms with E-state index in [-0.39, 0.29) is 23.4 Å². The Bertz CT molecular complexity index is 1250. The maximum absolute atomic E-state index is 13.1. The van der Waals surface area contributed by atoms with Gasteiger partial charge in [-0.25, -0.2) is 19.2 Å². The van der Waals surface area contributed by atoms with Crippen molar-refractivity contribution in [2.24, 2.45) is 7.05 Å². The molecular formula is C19H14FN5O2. The summed E-state index contributed by atoms with van der Waals surface area (Å²) >= 11 is 0. The average molecular weight is 363 g/mol. The first kappa shape index (κ1) is 16.8. The maximum atomic E-state index is 13.1. The number of fused-ring (bicyclic) bond motifs is 1. The van der Waals surface area contributed by atoms with Crippen LogP contribution >= 0.6 is 0 Å². The highest BCUT2D eigenvalue weighted by molar-refractivity contribution is 5.75. The van der Waals surface area contributed by atoms with Crippen molar-refractivity contribution in [2.75, 3.05) is 0 Å². The van der Waals surface area contributed by atoms with Crippen molar-refractivity contribution < 1.29 is 4.39 Å². The number of nitrogens with zero attached hydrogens (tertiary/aromatic N) is 5. The van der Waals surface area contributed by atoms with Crippen LogP contribution in [0.3, 0.4) is 0 Å². The van der Waals surface area contributed by atoms with Gasteiger partial charge in [0, 0.05) is 31.2 Å². The number of pyridine rings is 1. The second-order valence-electron chi connectivity index (χ2n) is 6.03. The lowest BCUT2D eigenvalue weighted by molar-refractivity contribution is 0.623. The van der Waals surface area contributed by atoms with Crippen LogP contribution in [0.5, 0.6) is 0 Å². The molecule has 8 heteroatoms. The highest BCUT2D eigenvalue weighted by Crippen LogP contribution is 2.14.